The van der Waals surface area contributed by atoms with Crippen molar-refractivity contribution in [3.8, 4) is 5.75 Å². The van der Waals surface area contributed by atoms with Crippen LogP contribution >= 0.6 is 0 Å². The first kappa shape index (κ1) is 20.3. The Kier molecular flexibility index (Phi) is 5.73. The molecule has 6 heteroatoms. The number of rotatable bonds is 4. The van der Waals surface area contributed by atoms with Gasteiger partial charge in [-0.3, -0.25) is 9.69 Å². The van der Waals surface area contributed by atoms with Gasteiger partial charge in [0.05, 0.1) is 19.3 Å². The van der Waals surface area contributed by atoms with Gasteiger partial charge in [0, 0.05) is 31.7 Å². The molecule has 5 rings (SSSR count). The Morgan fingerprint density at radius 3 is 2.90 bits per heavy atom. The zero-order chi connectivity index (χ0) is 20.7. The van der Waals surface area contributed by atoms with Gasteiger partial charge in [-0.25, -0.2) is 0 Å². The van der Waals surface area contributed by atoms with Crippen molar-refractivity contribution in [2.45, 2.75) is 62.8 Å². The molecule has 4 heterocycles. The number of methoxy groups -OCH3 is 1. The van der Waals surface area contributed by atoms with E-state index in [1.807, 2.05) is 6.07 Å². The van der Waals surface area contributed by atoms with Crippen LogP contribution in [0.3, 0.4) is 0 Å². The second kappa shape index (κ2) is 8.48. The summed E-state index contributed by atoms with van der Waals surface area (Å²) in [5.74, 6) is 2.22. The number of carbonyl (C=O) groups excluding carboxylic acids is 1. The molecule has 0 spiro atoms. The molecule has 1 amide bonds. The number of nitrogens with one attached hydrogen (secondary N) is 1. The SMILES string of the molecule is COc1cccc(C[C@H]2[C@H]3C[C@H](CN(C(=O)[C@@H]4C[C@@H](O)CN4)C3)[C@@H]3CCCCN32)c1. The molecule has 164 valence electrons. The largest absolute Gasteiger partial charge is 0.497 e. The maximum atomic E-state index is 13.2. The smallest absolute Gasteiger partial charge is 0.239 e. The number of nitrogens with zero attached hydrogens (tertiary/aromatic N) is 2. The molecule has 0 aliphatic carbocycles. The third-order valence-corrected chi connectivity index (χ3v) is 7.92. The van der Waals surface area contributed by atoms with Gasteiger partial charge < -0.3 is 20.1 Å². The highest BCUT2D eigenvalue weighted by molar-refractivity contribution is 5.82. The van der Waals surface area contributed by atoms with E-state index in [-0.39, 0.29) is 11.9 Å². The third kappa shape index (κ3) is 3.85. The number of ether oxygens (including phenoxy) is 1. The molecule has 6 atom stereocenters. The first-order chi connectivity index (χ1) is 14.6. The molecule has 0 radical (unpaired) electrons. The van der Waals surface area contributed by atoms with E-state index in [9.17, 15) is 9.90 Å². The van der Waals surface area contributed by atoms with Crippen molar-refractivity contribution in [2.75, 3.05) is 33.3 Å². The van der Waals surface area contributed by atoms with E-state index in [2.05, 4.69) is 33.3 Å². The minimum Gasteiger partial charge on any atom is -0.497 e. The van der Waals surface area contributed by atoms with Gasteiger partial charge in [0.25, 0.3) is 0 Å². The van der Waals surface area contributed by atoms with Crippen LogP contribution in [0.2, 0.25) is 0 Å². The summed E-state index contributed by atoms with van der Waals surface area (Å²) in [6.07, 6.45) is 6.27. The molecular weight excluding hydrogens is 378 g/mol. The monoisotopic (exact) mass is 413 g/mol. The van der Waals surface area contributed by atoms with Crippen molar-refractivity contribution >= 4 is 5.91 Å². The van der Waals surface area contributed by atoms with Gasteiger partial charge in [-0.15, -0.1) is 0 Å². The summed E-state index contributed by atoms with van der Waals surface area (Å²) in [4.78, 5) is 18.1. The number of piperidine rings is 3. The third-order valence-electron chi connectivity index (χ3n) is 7.92. The Hall–Kier alpha value is -1.63. The van der Waals surface area contributed by atoms with Crippen LogP contribution in [0.4, 0.5) is 0 Å². The molecule has 4 saturated heterocycles. The fourth-order valence-corrected chi connectivity index (χ4v) is 6.54. The predicted molar refractivity (Wildman–Crippen MR) is 115 cm³/mol. The van der Waals surface area contributed by atoms with Crippen LogP contribution in [-0.2, 0) is 11.2 Å². The fourth-order valence-electron chi connectivity index (χ4n) is 6.54. The molecule has 2 N–H and O–H groups in total. The lowest BCUT2D eigenvalue weighted by atomic mass is 9.71. The normalized spacial score (nSPS) is 36.4. The lowest BCUT2D eigenvalue weighted by molar-refractivity contribution is -0.142. The number of benzene rings is 1. The zero-order valence-corrected chi connectivity index (χ0v) is 18.0. The van der Waals surface area contributed by atoms with Crippen molar-refractivity contribution in [3.63, 3.8) is 0 Å². The number of aliphatic hydroxyl groups excluding tert-OH is 1. The maximum absolute atomic E-state index is 13.2. The Labute approximate surface area is 179 Å². The molecular formula is C24H35N3O3. The number of likely N-dealkylation sites (tertiary alicyclic amines) is 1. The van der Waals surface area contributed by atoms with Crippen molar-refractivity contribution in [1.29, 1.82) is 0 Å². The van der Waals surface area contributed by atoms with Gasteiger partial charge in [-0.2, -0.15) is 0 Å². The number of amides is 1. The number of carbonyl (C=O) groups is 1. The predicted octanol–water partition coefficient (Wildman–Crippen LogP) is 1.66. The highest BCUT2D eigenvalue weighted by Crippen LogP contribution is 2.42. The number of β-amino-alcohol motifs (C(OH)–C–C–N with tert-alkyl or cyclic N) is 1. The summed E-state index contributed by atoms with van der Waals surface area (Å²) in [7, 11) is 1.73. The Morgan fingerprint density at radius 2 is 2.10 bits per heavy atom. The average molecular weight is 414 g/mol. The van der Waals surface area contributed by atoms with Crippen LogP contribution in [-0.4, -0.2) is 78.3 Å². The van der Waals surface area contributed by atoms with E-state index in [4.69, 9.17) is 4.74 Å². The quantitative estimate of drug-likeness (QED) is 0.786. The van der Waals surface area contributed by atoms with E-state index >= 15 is 0 Å². The summed E-state index contributed by atoms with van der Waals surface area (Å²) in [5, 5.41) is 13.1. The van der Waals surface area contributed by atoms with Crippen molar-refractivity contribution in [3.05, 3.63) is 29.8 Å². The summed E-state index contributed by atoms with van der Waals surface area (Å²) >= 11 is 0. The summed E-state index contributed by atoms with van der Waals surface area (Å²) in [5.41, 5.74) is 1.33. The summed E-state index contributed by atoms with van der Waals surface area (Å²) in [6.45, 7) is 3.46. The van der Waals surface area contributed by atoms with Crippen LogP contribution in [0.25, 0.3) is 0 Å². The molecule has 4 aliphatic rings. The molecule has 1 aromatic carbocycles. The zero-order valence-electron chi connectivity index (χ0n) is 18.0. The van der Waals surface area contributed by atoms with E-state index in [0.29, 0.717) is 36.9 Å². The van der Waals surface area contributed by atoms with Crippen LogP contribution in [0, 0.1) is 11.8 Å². The lowest BCUT2D eigenvalue weighted by Crippen LogP contribution is -2.65. The second-order valence-electron chi connectivity index (χ2n) is 9.77. The number of fused-ring (bicyclic) bond motifs is 4. The van der Waals surface area contributed by atoms with Crippen LogP contribution in [0.5, 0.6) is 5.75 Å². The Morgan fingerprint density at radius 1 is 1.23 bits per heavy atom. The van der Waals surface area contributed by atoms with E-state index in [1.165, 1.54) is 37.8 Å². The van der Waals surface area contributed by atoms with Gasteiger partial charge in [0.2, 0.25) is 5.91 Å². The number of hydrogen-bond donors (Lipinski definition) is 2. The van der Waals surface area contributed by atoms with Crippen LogP contribution in [0.15, 0.2) is 24.3 Å². The minimum atomic E-state index is -0.391. The molecule has 0 unspecified atom stereocenters. The lowest BCUT2D eigenvalue weighted by Gasteiger charge is -2.57. The topological polar surface area (TPSA) is 65.0 Å². The fraction of sp³-hybridized carbons (Fsp3) is 0.708. The van der Waals surface area contributed by atoms with Crippen LogP contribution in [0.1, 0.15) is 37.7 Å². The molecule has 4 fully saturated rings. The first-order valence-electron chi connectivity index (χ1n) is 11.7. The molecule has 1 aromatic rings. The van der Waals surface area contributed by atoms with E-state index < -0.39 is 6.10 Å². The van der Waals surface area contributed by atoms with E-state index in [0.717, 1.165) is 25.3 Å². The molecule has 0 saturated carbocycles. The molecule has 30 heavy (non-hydrogen) atoms. The minimum absolute atomic E-state index is 0.200. The molecule has 2 bridgehead atoms. The number of hydrogen-bond acceptors (Lipinski definition) is 5. The van der Waals surface area contributed by atoms with Gasteiger partial charge >= 0.3 is 0 Å². The van der Waals surface area contributed by atoms with Gasteiger partial charge in [0.1, 0.15) is 5.75 Å². The Balaban J connectivity index is 1.37. The molecule has 4 aliphatic heterocycles. The highest BCUT2D eigenvalue weighted by atomic mass is 16.5. The highest BCUT2D eigenvalue weighted by Gasteiger charge is 2.48. The van der Waals surface area contributed by atoms with E-state index in [1.54, 1.807) is 7.11 Å². The molecule has 6 nitrogen and oxygen atoms in total. The van der Waals surface area contributed by atoms with Crippen molar-refractivity contribution in [1.82, 2.24) is 15.1 Å². The first-order valence-corrected chi connectivity index (χ1v) is 11.7. The van der Waals surface area contributed by atoms with Crippen LogP contribution < -0.4 is 10.1 Å². The Bertz CT molecular complexity index is 772. The molecule has 0 aromatic heterocycles. The van der Waals surface area contributed by atoms with Gasteiger partial charge in [0.15, 0.2) is 0 Å². The van der Waals surface area contributed by atoms with Crippen molar-refractivity contribution in [2.24, 2.45) is 11.8 Å². The summed E-state index contributed by atoms with van der Waals surface area (Å²) < 4.78 is 5.45. The maximum Gasteiger partial charge on any atom is 0.239 e. The average Bonchev–Trinajstić information content (AvgIpc) is 3.22. The standard InChI is InChI=1S/C24H35N3O3/c1-30-20-6-4-5-16(9-20)10-23-18-11-17(22-7-2-3-8-27(22)23)14-26(15-18)24(29)21-12-19(28)13-25-21/h4-6,9,17-19,21-23,25,28H,2-3,7-8,10-15H2,1H3/t17-,18+,19-,21+,22+,23+/m1/s1. The second-order valence-corrected chi connectivity index (χ2v) is 9.77. The van der Waals surface area contributed by atoms with Gasteiger partial charge in [-0.05, 0) is 68.2 Å². The number of aliphatic hydroxyl groups is 1. The van der Waals surface area contributed by atoms with Crippen molar-refractivity contribution < 1.29 is 14.6 Å². The van der Waals surface area contributed by atoms with Gasteiger partial charge in [-0.1, -0.05) is 18.6 Å². The summed E-state index contributed by atoms with van der Waals surface area (Å²) in [6, 6.07) is 9.34.